The summed E-state index contributed by atoms with van der Waals surface area (Å²) in [5.41, 5.74) is 5.70. The standard InChI is InChI=1S/C43H26N4O/c1-3-11-27(12-4-1)41-44-42(30-20-22-38-35(24-30)33-17-9-10-18-37(33)47(38)32-15-5-2-6-16-32)46-43(45-41)31-19-21-34-36-23-28-13-7-8-14-29(28)25-40(36)48-39(34)26-31/h1-26H/i1D,3D,4D,11D,12D. The molecule has 10 rings (SSSR count). The molecule has 48 heavy (non-hydrogen) atoms. The average molecular weight is 620 g/mol. The molecule has 0 spiro atoms. The largest absolute Gasteiger partial charge is 0.456 e. The topological polar surface area (TPSA) is 56.7 Å². The number of aromatic nitrogens is 4. The number of hydrogen-bond donors (Lipinski definition) is 0. The Kier molecular flexibility index (Phi) is 4.81. The number of furan rings is 1. The van der Waals surface area contributed by atoms with Crippen LogP contribution in [0.15, 0.2) is 162 Å². The molecular formula is C43H26N4O. The van der Waals surface area contributed by atoms with Crippen LogP contribution in [-0.4, -0.2) is 19.5 Å². The number of nitrogens with zero attached hydrogens (tertiary/aromatic N) is 4. The van der Waals surface area contributed by atoms with Crippen LogP contribution in [0.25, 0.3) is 94.4 Å². The van der Waals surface area contributed by atoms with Crippen molar-refractivity contribution >= 4 is 54.5 Å². The van der Waals surface area contributed by atoms with Gasteiger partial charge >= 0.3 is 0 Å². The Morgan fingerprint density at radius 2 is 1.08 bits per heavy atom. The highest BCUT2D eigenvalue weighted by molar-refractivity contribution is 6.11. The van der Waals surface area contributed by atoms with E-state index in [1.54, 1.807) is 0 Å². The molecule has 5 heteroatoms. The van der Waals surface area contributed by atoms with Crippen molar-refractivity contribution in [2.24, 2.45) is 0 Å². The predicted octanol–water partition coefficient (Wildman–Crippen LogP) is 11.0. The van der Waals surface area contributed by atoms with Gasteiger partial charge in [-0.2, -0.15) is 0 Å². The molecule has 0 atom stereocenters. The predicted molar refractivity (Wildman–Crippen MR) is 195 cm³/mol. The second-order valence-corrected chi connectivity index (χ2v) is 11.7. The molecule has 0 saturated heterocycles. The molecule has 0 aliphatic rings. The fraction of sp³-hybridized carbons (Fsp3) is 0. The van der Waals surface area contributed by atoms with Gasteiger partial charge in [0.05, 0.1) is 17.9 Å². The maximum Gasteiger partial charge on any atom is 0.164 e. The van der Waals surface area contributed by atoms with Gasteiger partial charge in [-0.25, -0.2) is 15.0 Å². The van der Waals surface area contributed by atoms with Crippen molar-refractivity contribution in [2.45, 2.75) is 0 Å². The SMILES string of the molecule is [2H]c1c([2H])c([2H])c(-c2nc(-c3ccc4c(c3)oc3cc5ccccc5cc34)nc(-c3ccc4c(c3)c3ccccc3n4-c3ccccc3)n2)c([2H])c1[2H]. The van der Waals surface area contributed by atoms with Crippen LogP contribution in [-0.2, 0) is 0 Å². The fourth-order valence-corrected chi connectivity index (χ4v) is 6.68. The lowest BCUT2D eigenvalue weighted by Crippen LogP contribution is -2.00. The van der Waals surface area contributed by atoms with Crippen molar-refractivity contribution < 1.29 is 11.3 Å². The molecule has 0 bridgehead atoms. The quantitative estimate of drug-likeness (QED) is 0.197. The molecule has 0 radical (unpaired) electrons. The zero-order valence-electron chi connectivity index (χ0n) is 30.3. The summed E-state index contributed by atoms with van der Waals surface area (Å²) in [5, 5.41) is 6.16. The van der Waals surface area contributed by atoms with E-state index in [-0.39, 0.29) is 29.3 Å². The lowest BCUT2D eigenvalue weighted by molar-refractivity contribution is 0.669. The molecular weight excluding hydrogens is 589 g/mol. The summed E-state index contributed by atoms with van der Waals surface area (Å²) < 4.78 is 51.0. The first-order chi connectivity index (χ1) is 25.8. The molecule has 224 valence electrons. The molecule has 0 aliphatic heterocycles. The molecule has 0 aliphatic carbocycles. The van der Waals surface area contributed by atoms with Gasteiger partial charge in [-0.3, -0.25) is 0 Å². The van der Waals surface area contributed by atoms with E-state index >= 15 is 0 Å². The van der Waals surface area contributed by atoms with Gasteiger partial charge in [-0.15, -0.1) is 0 Å². The van der Waals surface area contributed by atoms with Crippen molar-refractivity contribution in [1.29, 1.82) is 0 Å². The molecule has 0 saturated carbocycles. The van der Waals surface area contributed by atoms with E-state index in [0.29, 0.717) is 22.5 Å². The van der Waals surface area contributed by atoms with Crippen molar-refractivity contribution in [3.8, 4) is 39.9 Å². The Labute approximate surface area is 282 Å². The summed E-state index contributed by atoms with van der Waals surface area (Å²) in [6.45, 7) is 0. The number of para-hydroxylation sites is 2. The second kappa shape index (κ2) is 10.5. The minimum atomic E-state index is -0.485. The van der Waals surface area contributed by atoms with Crippen LogP contribution in [0.4, 0.5) is 0 Å². The maximum absolute atomic E-state index is 8.75. The van der Waals surface area contributed by atoms with E-state index in [1.807, 2.05) is 84.9 Å². The highest BCUT2D eigenvalue weighted by Crippen LogP contribution is 2.37. The summed E-state index contributed by atoms with van der Waals surface area (Å²) in [7, 11) is 0. The summed E-state index contributed by atoms with van der Waals surface area (Å²) in [6, 6.07) is 40.3. The summed E-state index contributed by atoms with van der Waals surface area (Å²) in [5.74, 6) is 0.548. The van der Waals surface area contributed by atoms with E-state index in [0.717, 1.165) is 54.6 Å². The van der Waals surface area contributed by atoms with Gasteiger partial charge in [0.1, 0.15) is 11.2 Å². The Morgan fingerprint density at radius 3 is 1.90 bits per heavy atom. The van der Waals surface area contributed by atoms with Crippen LogP contribution in [0.2, 0.25) is 0 Å². The molecule has 0 fully saturated rings. The molecule has 0 unspecified atom stereocenters. The van der Waals surface area contributed by atoms with Crippen molar-refractivity contribution in [3.05, 3.63) is 158 Å². The minimum Gasteiger partial charge on any atom is -0.456 e. The number of rotatable bonds is 4. The molecule has 10 aromatic rings. The molecule has 7 aromatic carbocycles. The van der Waals surface area contributed by atoms with E-state index < -0.39 is 18.1 Å². The van der Waals surface area contributed by atoms with E-state index in [4.69, 9.17) is 26.2 Å². The highest BCUT2D eigenvalue weighted by atomic mass is 16.3. The maximum atomic E-state index is 8.75. The van der Waals surface area contributed by atoms with Gasteiger partial charge in [0.25, 0.3) is 0 Å². The van der Waals surface area contributed by atoms with Crippen molar-refractivity contribution in [3.63, 3.8) is 0 Å². The number of hydrogen-bond acceptors (Lipinski definition) is 4. The number of fused-ring (bicyclic) bond motifs is 7. The second-order valence-electron chi connectivity index (χ2n) is 11.7. The Hall–Kier alpha value is -6.59. The van der Waals surface area contributed by atoms with Crippen molar-refractivity contribution in [2.75, 3.05) is 0 Å². The van der Waals surface area contributed by atoms with Crippen LogP contribution in [0, 0.1) is 0 Å². The van der Waals surface area contributed by atoms with E-state index in [1.165, 1.54) is 0 Å². The minimum absolute atomic E-state index is 0.0234. The van der Waals surface area contributed by atoms with Crippen LogP contribution in [0.5, 0.6) is 0 Å². The van der Waals surface area contributed by atoms with Crippen LogP contribution in [0.1, 0.15) is 6.85 Å². The Balaban J connectivity index is 1.21. The summed E-state index contributed by atoms with van der Waals surface area (Å²) >= 11 is 0. The highest BCUT2D eigenvalue weighted by Gasteiger charge is 2.17. The average Bonchev–Trinajstić information content (AvgIpc) is 3.73. The van der Waals surface area contributed by atoms with Crippen LogP contribution < -0.4 is 0 Å². The van der Waals surface area contributed by atoms with E-state index in [2.05, 4.69) is 47.0 Å². The Morgan fingerprint density at radius 1 is 0.458 bits per heavy atom. The Bertz CT molecular complexity index is 3110. The van der Waals surface area contributed by atoms with Gasteiger partial charge in [0.2, 0.25) is 0 Å². The van der Waals surface area contributed by atoms with Gasteiger partial charge in [0.15, 0.2) is 17.5 Å². The zero-order valence-corrected chi connectivity index (χ0v) is 25.3. The monoisotopic (exact) mass is 619 g/mol. The molecule has 3 heterocycles. The molecule has 5 nitrogen and oxygen atoms in total. The number of benzene rings is 7. The lowest BCUT2D eigenvalue weighted by Gasteiger charge is -2.10. The molecule has 0 amide bonds. The lowest BCUT2D eigenvalue weighted by atomic mass is 10.1. The van der Waals surface area contributed by atoms with Crippen molar-refractivity contribution in [1.82, 2.24) is 19.5 Å². The van der Waals surface area contributed by atoms with Crippen LogP contribution >= 0.6 is 0 Å². The fourth-order valence-electron chi connectivity index (χ4n) is 6.68. The summed E-state index contributed by atoms with van der Waals surface area (Å²) in [4.78, 5) is 14.5. The molecule has 3 aromatic heterocycles. The summed E-state index contributed by atoms with van der Waals surface area (Å²) in [6.07, 6.45) is 0. The normalized spacial score (nSPS) is 13.2. The molecule has 0 N–H and O–H groups in total. The van der Waals surface area contributed by atoms with Crippen LogP contribution in [0.3, 0.4) is 0 Å². The first-order valence-corrected chi connectivity index (χ1v) is 15.6. The van der Waals surface area contributed by atoms with Gasteiger partial charge in [-0.1, -0.05) is 96.9 Å². The van der Waals surface area contributed by atoms with Gasteiger partial charge in [0, 0.05) is 43.9 Å². The zero-order chi connectivity index (χ0) is 36.0. The first-order valence-electron chi connectivity index (χ1n) is 18.1. The third kappa shape index (κ3) is 4.22. The van der Waals surface area contributed by atoms with E-state index in [9.17, 15) is 0 Å². The third-order valence-corrected chi connectivity index (χ3v) is 8.90. The smallest absolute Gasteiger partial charge is 0.164 e. The first kappa shape index (κ1) is 22.0. The van der Waals surface area contributed by atoms with Gasteiger partial charge < -0.3 is 8.98 Å². The van der Waals surface area contributed by atoms with Gasteiger partial charge in [-0.05, 0) is 71.4 Å². The third-order valence-electron chi connectivity index (χ3n) is 8.90.